The molecule has 1 N–H and O–H groups in total. The van der Waals surface area contributed by atoms with Gasteiger partial charge in [0.15, 0.2) is 0 Å². The first kappa shape index (κ1) is 14.5. The molecule has 1 heterocycles. The van der Waals surface area contributed by atoms with Crippen LogP contribution in [0.15, 0.2) is 30.3 Å². The average molecular weight is 277 g/mol. The second-order valence-electron chi connectivity index (χ2n) is 4.99. The second kappa shape index (κ2) is 6.52. The van der Waals surface area contributed by atoms with Crippen LogP contribution in [0, 0.1) is 0 Å². The van der Waals surface area contributed by atoms with Gasteiger partial charge in [0, 0.05) is 6.54 Å². The number of carboxylic acids is 1. The Bertz CT molecular complexity index is 474. The molecular weight excluding hydrogens is 258 g/mol. The molecule has 0 aliphatic carbocycles. The Balaban J connectivity index is 2.11. The highest BCUT2D eigenvalue weighted by Gasteiger charge is 2.31. The van der Waals surface area contributed by atoms with Gasteiger partial charge in [0.1, 0.15) is 0 Å². The van der Waals surface area contributed by atoms with Crippen molar-refractivity contribution < 1.29 is 19.4 Å². The molecule has 0 saturated carbocycles. The van der Waals surface area contributed by atoms with Gasteiger partial charge in [-0.15, -0.1) is 0 Å². The monoisotopic (exact) mass is 277 g/mol. The van der Waals surface area contributed by atoms with Crippen LogP contribution in [0.2, 0.25) is 0 Å². The predicted molar refractivity (Wildman–Crippen MR) is 73.4 cm³/mol. The van der Waals surface area contributed by atoms with Crippen LogP contribution in [0.25, 0.3) is 0 Å². The molecule has 1 amide bonds. The van der Waals surface area contributed by atoms with Crippen LogP contribution in [-0.4, -0.2) is 47.7 Å². The molecule has 5 heteroatoms. The third-order valence-electron chi connectivity index (χ3n) is 3.59. The molecule has 0 bridgehead atoms. The Kier molecular flexibility index (Phi) is 4.74. The van der Waals surface area contributed by atoms with E-state index in [2.05, 4.69) is 0 Å². The van der Waals surface area contributed by atoms with E-state index in [-0.39, 0.29) is 24.3 Å². The van der Waals surface area contributed by atoms with E-state index >= 15 is 0 Å². The number of benzene rings is 1. The van der Waals surface area contributed by atoms with Crippen molar-refractivity contribution in [1.82, 2.24) is 4.90 Å². The first-order valence-electron chi connectivity index (χ1n) is 6.74. The van der Waals surface area contributed by atoms with Gasteiger partial charge in [0.2, 0.25) is 5.91 Å². The average Bonchev–Trinajstić information content (AvgIpc) is 2.46. The summed E-state index contributed by atoms with van der Waals surface area (Å²) in [6.45, 7) is 3.06. The van der Waals surface area contributed by atoms with E-state index in [1.165, 1.54) is 0 Å². The molecule has 108 valence electrons. The normalized spacial score (nSPS) is 20.4. The largest absolute Gasteiger partial charge is 0.481 e. The zero-order valence-corrected chi connectivity index (χ0v) is 11.5. The number of carbonyl (C=O) groups is 2. The maximum absolute atomic E-state index is 12.6. The second-order valence-corrected chi connectivity index (χ2v) is 4.99. The summed E-state index contributed by atoms with van der Waals surface area (Å²) in [5.74, 6) is -1.22. The highest BCUT2D eigenvalue weighted by molar-refractivity contribution is 5.84. The molecule has 1 aliphatic heterocycles. The smallest absolute Gasteiger partial charge is 0.305 e. The van der Waals surface area contributed by atoms with Crippen LogP contribution >= 0.6 is 0 Å². The standard InChI is InChI=1S/C15H19NO4/c1-11(12-5-3-2-4-6-12)15(19)16-7-8-20-10-13(16)9-14(17)18/h2-6,11,13H,7-10H2,1H3,(H,17,18)/t11-,13?/m0/s1. The van der Waals surface area contributed by atoms with Gasteiger partial charge in [0.05, 0.1) is 31.6 Å². The molecule has 5 nitrogen and oxygen atoms in total. The molecule has 1 unspecified atom stereocenters. The first-order valence-corrected chi connectivity index (χ1v) is 6.74. The van der Waals surface area contributed by atoms with Crippen molar-refractivity contribution in [1.29, 1.82) is 0 Å². The minimum absolute atomic E-state index is 0.0363. The van der Waals surface area contributed by atoms with Crippen LogP contribution in [0.1, 0.15) is 24.8 Å². The van der Waals surface area contributed by atoms with Crippen molar-refractivity contribution in [3.05, 3.63) is 35.9 Å². The molecule has 0 spiro atoms. The minimum Gasteiger partial charge on any atom is -0.481 e. The number of hydrogen-bond donors (Lipinski definition) is 1. The maximum atomic E-state index is 12.6. The van der Waals surface area contributed by atoms with Crippen molar-refractivity contribution in [2.75, 3.05) is 19.8 Å². The third-order valence-corrected chi connectivity index (χ3v) is 3.59. The molecule has 0 radical (unpaired) electrons. The van der Waals surface area contributed by atoms with Crippen LogP contribution in [0.5, 0.6) is 0 Å². The van der Waals surface area contributed by atoms with E-state index in [0.717, 1.165) is 5.56 Å². The fourth-order valence-corrected chi connectivity index (χ4v) is 2.45. The maximum Gasteiger partial charge on any atom is 0.305 e. The van der Waals surface area contributed by atoms with Crippen molar-refractivity contribution in [2.24, 2.45) is 0 Å². The quantitative estimate of drug-likeness (QED) is 0.905. The van der Waals surface area contributed by atoms with Crippen molar-refractivity contribution in [2.45, 2.75) is 25.3 Å². The zero-order valence-electron chi connectivity index (χ0n) is 11.5. The van der Waals surface area contributed by atoms with Crippen LogP contribution < -0.4 is 0 Å². The summed E-state index contributed by atoms with van der Waals surface area (Å²) < 4.78 is 5.29. The highest BCUT2D eigenvalue weighted by Crippen LogP contribution is 2.21. The molecule has 2 rings (SSSR count). The van der Waals surface area contributed by atoms with Gasteiger partial charge in [0.25, 0.3) is 0 Å². The van der Waals surface area contributed by atoms with Gasteiger partial charge >= 0.3 is 5.97 Å². The Morgan fingerprint density at radius 3 is 2.75 bits per heavy atom. The number of nitrogens with zero attached hydrogens (tertiary/aromatic N) is 1. The van der Waals surface area contributed by atoms with Gasteiger partial charge in [-0.3, -0.25) is 9.59 Å². The number of aliphatic carboxylic acids is 1. The highest BCUT2D eigenvalue weighted by atomic mass is 16.5. The molecule has 20 heavy (non-hydrogen) atoms. The van der Waals surface area contributed by atoms with Crippen LogP contribution in [0.4, 0.5) is 0 Å². The SMILES string of the molecule is C[C@H](C(=O)N1CCOCC1CC(=O)O)c1ccccc1. The summed E-state index contributed by atoms with van der Waals surface area (Å²) in [4.78, 5) is 25.1. The lowest BCUT2D eigenvalue weighted by Gasteiger charge is -2.36. The first-order chi connectivity index (χ1) is 9.59. The molecule has 1 saturated heterocycles. The lowest BCUT2D eigenvalue weighted by atomic mass is 9.98. The summed E-state index contributed by atoms with van der Waals surface area (Å²) in [5.41, 5.74) is 0.943. The number of carboxylic acid groups (broad SMARTS) is 1. The Hall–Kier alpha value is -1.88. The molecular formula is C15H19NO4. The van der Waals surface area contributed by atoms with E-state index in [1.54, 1.807) is 4.90 Å². The summed E-state index contributed by atoms with van der Waals surface area (Å²) >= 11 is 0. The molecule has 0 aromatic heterocycles. The number of ether oxygens (including phenoxy) is 1. The predicted octanol–water partition coefficient (Wildman–Crippen LogP) is 1.49. The number of rotatable bonds is 4. The summed E-state index contributed by atoms with van der Waals surface area (Å²) in [7, 11) is 0. The lowest BCUT2D eigenvalue weighted by Crippen LogP contribution is -2.50. The fraction of sp³-hybridized carbons (Fsp3) is 0.467. The third kappa shape index (κ3) is 3.36. The summed E-state index contributed by atoms with van der Waals surface area (Å²) in [6.07, 6.45) is -0.0761. The number of morpholine rings is 1. The zero-order chi connectivity index (χ0) is 14.5. The van der Waals surface area contributed by atoms with Gasteiger partial charge in [-0.1, -0.05) is 30.3 Å². The fourth-order valence-electron chi connectivity index (χ4n) is 2.45. The molecule has 2 atom stereocenters. The van der Waals surface area contributed by atoms with Gasteiger partial charge < -0.3 is 14.7 Å². The van der Waals surface area contributed by atoms with E-state index in [1.807, 2.05) is 37.3 Å². The number of amides is 1. The minimum atomic E-state index is -0.911. The number of carbonyl (C=O) groups excluding carboxylic acids is 1. The van der Waals surface area contributed by atoms with E-state index in [0.29, 0.717) is 19.8 Å². The molecule has 1 fully saturated rings. The van der Waals surface area contributed by atoms with Gasteiger partial charge in [-0.05, 0) is 12.5 Å². The van der Waals surface area contributed by atoms with Crippen LogP contribution in [0.3, 0.4) is 0 Å². The van der Waals surface area contributed by atoms with E-state index in [4.69, 9.17) is 9.84 Å². The topological polar surface area (TPSA) is 66.8 Å². The summed E-state index contributed by atoms with van der Waals surface area (Å²) in [5, 5.41) is 8.93. The van der Waals surface area contributed by atoms with Crippen molar-refractivity contribution in [3.63, 3.8) is 0 Å². The molecule has 1 aromatic carbocycles. The lowest BCUT2D eigenvalue weighted by molar-refractivity contribution is -0.147. The van der Waals surface area contributed by atoms with E-state index in [9.17, 15) is 9.59 Å². The number of hydrogen-bond acceptors (Lipinski definition) is 3. The molecule has 1 aliphatic rings. The Morgan fingerprint density at radius 1 is 1.40 bits per heavy atom. The Labute approximate surface area is 118 Å². The van der Waals surface area contributed by atoms with Gasteiger partial charge in [-0.25, -0.2) is 0 Å². The van der Waals surface area contributed by atoms with Crippen molar-refractivity contribution in [3.8, 4) is 0 Å². The van der Waals surface area contributed by atoms with E-state index < -0.39 is 5.97 Å². The molecule has 1 aromatic rings. The van der Waals surface area contributed by atoms with Gasteiger partial charge in [-0.2, -0.15) is 0 Å². The van der Waals surface area contributed by atoms with Crippen molar-refractivity contribution >= 4 is 11.9 Å². The van der Waals surface area contributed by atoms with Crippen LogP contribution in [-0.2, 0) is 14.3 Å². The Morgan fingerprint density at radius 2 is 2.10 bits per heavy atom. The summed E-state index contributed by atoms with van der Waals surface area (Å²) in [6, 6.07) is 9.15.